The Balaban J connectivity index is 2.21. The van der Waals surface area contributed by atoms with Gasteiger partial charge in [0.1, 0.15) is 23.9 Å². The number of likely N-dealkylation sites (tertiary alicyclic amines) is 1. The molecule has 0 aliphatic carbocycles. The number of hydrogen-bond acceptors (Lipinski definition) is 7. The molecule has 3 N–H and O–H groups in total. The third-order valence-electron chi connectivity index (χ3n) is 5.77. The number of nitrogens with one attached hydrogen (secondary N) is 2. The Morgan fingerprint density at radius 1 is 1.20 bits per heavy atom. The van der Waals surface area contributed by atoms with Crippen molar-refractivity contribution in [1.82, 2.24) is 15.5 Å². The highest BCUT2D eigenvalue weighted by atomic mass is 16.5. The Morgan fingerprint density at radius 2 is 1.86 bits per heavy atom. The van der Waals surface area contributed by atoms with Gasteiger partial charge in [0, 0.05) is 26.3 Å². The summed E-state index contributed by atoms with van der Waals surface area (Å²) in [6, 6.07) is 3.57. The molecule has 1 aliphatic rings. The van der Waals surface area contributed by atoms with Crippen LogP contribution in [0.15, 0.2) is 36.9 Å². The van der Waals surface area contributed by atoms with Crippen molar-refractivity contribution in [2.45, 2.75) is 57.8 Å². The van der Waals surface area contributed by atoms with Gasteiger partial charge in [0.25, 0.3) is 0 Å². The predicted molar refractivity (Wildman–Crippen MR) is 128 cm³/mol. The molecule has 35 heavy (non-hydrogen) atoms. The van der Waals surface area contributed by atoms with Crippen molar-refractivity contribution in [3.8, 4) is 5.75 Å². The van der Waals surface area contributed by atoms with Crippen LogP contribution in [0.5, 0.6) is 5.75 Å². The minimum atomic E-state index is -0.941. The number of benzene rings is 1. The molecule has 0 bridgehead atoms. The lowest BCUT2D eigenvalue weighted by molar-refractivity contribution is -0.152. The van der Waals surface area contributed by atoms with Crippen molar-refractivity contribution in [2.75, 3.05) is 20.3 Å². The molecule has 1 aliphatic heterocycles. The Morgan fingerprint density at radius 3 is 2.40 bits per heavy atom. The van der Waals surface area contributed by atoms with E-state index in [-0.39, 0.29) is 43.8 Å². The molecule has 3 amide bonds. The van der Waals surface area contributed by atoms with E-state index >= 15 is 0 Å². The van der Waals surface area contributed by atoms with Gasteiger partial charge in [0.05, 0.1) is 19.8 Å². The summed E-state index contributed by atoms with van der Waals surface area (Å²) in [4.78, 5) is 52.2. The zero-order valence-corrected chi connectivity index (χ0v) is 20.7. The number of carbonyl (C=O) groups is 4. The lowest BCUT2D eigenvalue weighted by Crippen LogP contribution is -2.57. The maximum Gasteiger partial charge on any atom is 0.328 e. The molecular weight excluding hydrogens is 454 g/mol. The number of nitrogens with zero attached hydrogens (tertiary/aromatic N) is 1. The van der Waals surface area contributed by atoms with Gasteiger partial charge in [-0.3, -0.25) is 14.4 Å². The molecule has 10 nitrogen and oxygen atoms in total. The molecule has 1 saturated heterocycles. The molecule has 1 fully saturated rings. The van der Waals surface area contributed by atoms with E-state index in [4.69, 9.17) is 9.47 Å². The summed E-state index contributed by atoms with van der Waals surface area (Å²) in [5, 5.41) is 14.9. The second-order valence-electron chi connectivity index (χ2n) is 8.86. The van der Waals surface area contributed by atoms with Crippen LogP contribution in [-0.2, 0) is 35.1 Å². The number of methoxy groups -OCH3 is 1. The Labute approximate surface area is 205 Å². The molecule has 0 radical (unpaired) electrons. The van der Waals surface area contributed by atoms with E-state index in [0.717, 1.165) is 5.56 Å². The van der Waals surface area contributed by atoms with Crippen LogP contribution in [0.4, 0.5) is 0 Å². The van der Waals surface area contributed by atoms with Gasteiger partial charge in [-0.15, -0.1) is 6.58 Å². The first kappa shape index (κ1) is 27.8. The van der Waals surface area contributed by atoms with E-state index in [1.54, 1.807) is 32.1 Å². The summed E-state index contributed by atoms with van der Waals surface area (Å²) in [6.45, 7) is 8.94. The van der Waals surface area contributed by atoms with E-state index in [2.05, 4.69) is 17.2 Å². The number of phenols is 1. The lowest BCUT2D eigenvalue weighted by atomic mass is 10.00. The van der Waals surface area contributed by atoms with Gasteiger partial charge in [-0.25, -0.2) is 4.79 Å². The van der Waals surface area contributed by atoms with Gasteiger partial charge in [-0.05, 0) is 23.6 Å². The minimum absolute atomic E-state index is 0.0842. The highest BCUT2D eigenvalue weighted by molar-refractivity contribution is 5.94. The maximum absolute atomic E-state index is 13.5. The second-order valence-corrected chi connectivity index (χ2v) is 8.86. The van der Waals surface area contributed by atoms with Crippen LogP contribution in [0.3, 0.4) is 0 Å². The largest absolute Gasteiger partial charge is 0.508 e. The van der Waals surface area contributed by atoms with E-state index < -0.39 is 41.8 Å². The first-order valence-electron chi connectivity index (χ1n) is 11.5. The summed E-state index contributed by atoms with van der Waals surface area (Å²) in [5.41, 5.74) is 0.719. The molecule has 1 aromatic rings. The lowest BCUT2D eigenvalue weighted by Gasteiger charge is -2.31. The van der Waals surface area contributed by atoms with Crippen molar-refractivity contribution in [3.63, 3.8) is 0 Å². The average Bonchev–Trinajstić information content (AvgIpc) is 3.24. The normalized spacial score (nSPS) is 19.1. The Kier molecular flexibility index (Phi) is 10.3. The van der Waals surface area contributed by atoms with Crippen molar-refractivity contribution in [1.29, 1.82) is 0 Å². The predicted octanol–water partition coefficient (Wildman–Crippen LogP) is 0.925. The van der Waals surface area contributed by atoms with Crippen LogP contribution in [0.1, 0.15) is 32.8 Å². The zero-order chi connectivity index (χ0) is 26.1. The SMILES string of the molecule is C=CCO[C@@H]1CC(C(=O)OC)N(C(=O)[C@@H](NC(=O)[C@H](Cc2ccc(O)cc2)NC(C)=O)C(C)C)C1. The third-order valence-corrected chi connectivity index (χ3v) is 5.77. The van der Waals surface area contributed by atoms with E-state index in [0.29, 0.717) is 0 Å². The van der Waals surface area contributed by atoms with Gasteiger partial charge >= 0.3 is 5.97 Å². The third kappa shape index (κ3) is 7.81. The van der Waals surface area contributed by atoms with E-state index in [9.17, 15) is 24.3 Å². The summed E-state index contributed by atoms with van der Waals surface area (Å²) in [6.07, 6.45) is 1.66. The molecule has 0 spiro atoms. The van der Waals surface area contributed by atoms with Crippen LogP contribution < -0.4 is 10.6 Å². The van der Waals surface area contributed by atoms with Gasteiger partial charge < -0.3 is 30.1 Å². The number of aromatic hydroxyl groups is 1. The van der Waals surface area contributed by atoms with Crippen molar-refractivity contribution < 1.29 is 33.8 Å². The molecule has 0 aromatic heterocycles. The number of esters is 1. The first-order chi connectivity index (χ1) is 16.6. The zero-order valence-electron chi connectivity index (χ0n) is 20.7. The Hall–Kier alpha value is -3.40. The highest BCUT2D eigenvalue weighted by Gasteiger charge is 2.44. The fourth-order valence-electron chi connectivity index (χ4n) is 3.99. The van der Waals surface area contributed by atoms with E-state index in [1.807, 2.05) is 0 Å². The average molecular weight is 490 g/mol. The molecule has 4 atom stereocenters. The molecule has 192 valence electrons. The van der Waals surface area contributed by atoms with E-state index in [1.165, 1.54) is 31.1 Å². The molecule has 10 heteroatoms. The molecule has 1 heterocycles. The summed E-state index contributed by atoms with van der Waals surface area (Å²) >= 11 is 0. The minimum Gasteiger partial charge on any atom is -0.508 e. The van der Waals surface area contributed by atoms with Crippen LogP contribution in [0, 0.1) is 5.92 Å². The van der Waals surface area contributed by atoms with Crippen molar-refractivity contribution >= 4 is 23.7 Å². The first-order valence-corrected chi connectivity index (χ1v) is 11.5. The fraction of sp³-hybridized carbons (Fsp3) is 0.520. The fourth-order valence-corrected chi connectivity index (χ4v) is 3.99. The smallest absolute Gasteiger partial charge is 0.328 e. The number of amides is 3. The van der Waals surface area contributed by atoms with Gasteiger partial charge in [-0.1, -0.05) is 32.1 Å². The van der Waals surface area contributed by atoms with Crippen LogP contribution in [0.25, 0.3) is 0 Å². The number of carbonyl (C=O) groups excluding carboxylic acids is 4. The van der Waals surface area contributed by atoms with Gasteiger partial charge in [-0.2, -0.15) is 0 Å². The molecule has 1 unspecified atom stereocenters. The van der Waals surface area contributed by atoms with Crippen molar-refractivity contribution in [2.24, 2.45) is 5.92 Å². The second kappa shape index (κ2) is 12.9. The van der Waals surface area contributed by atoms with Crippen LogP contribution in [0.2, 0.25) is 0 Å². The number of hydrogen-bond donors (Lipinski definition) is 3. The molecule has 2 rings (SSSR count). The molecular formula is C25H35N3O7. The topological polar surface area (TPSA) is 134 Å². The number of phenolic OH excluding ortho intramolecular Hbond substituents is 1. The van der Waals surface area contributed by atoms with Gasteiger partial charge in [0.2, 0.25) is 17.7 Å². The molecule has 1 aromatic carbocycles. The Bertz CT molecular complexity index is 916. The van der Waals surface area contributed by atoms with Crippen LogP contribution in [-0.4, -0.2) is 78.2 Å². The number of rotatable bonds is 11. The number of ether oxygens (including phenoxy) is 2. The summed E-state index contributed by atoms with van der Waals surface area (Å²) in [5.74, 6) is -2.14. The summed E-state index contributed by atoms with van der Waals surface area (Å²) < 4.78 is 10.5. The highest BCUT2D eigenvalue weighted by Crippen LogP contribution is 2.24. The summed E-state index contributed by atoms with van der Waals surface area (Å²) in [7, 11) is 1.26. The standard InChI is InChI=1S/C25H35N3O7/c1-6-11-35-19-13-21(25(33)34-5)28(14-19)24(32)22(15(2)3)27-23(31)20(26-16(4)29)12-17-7-9-18(30)10-8-17/h6-10,15,19-22,30H,1,11-14H2,2-5H3,(H,26,29)(H,27,31)/t19-,20+,21?,22+/m1/s1. The maximum atomic E-state index is 13.5. The quantitative estimate of drug-likeness (QED) is 0.311. The van der Waals surface area contributed by atoms with Crippen LogP contribution >= 0.6 is 0 Å². The van der Waals surface area contributed by atoms with Crippen molar-refractivity contribution in [3.05, 3.63) is 42.5 Å². The monoisotopic (exact) mass is 489 g/mol. The molecule has 0 saturated carbocycles. The van der Waals surface area contributed by atoms with Gasteiger partial charge in [0.15, 0.2) is 0 Å².